The number of rotatable bonds is 8. The molecule has 1 aliphatic rings. The molecule has 7 heteroatoms. The molecule has 140 valence electrons. The molecule has 0 aliphatic heterocycles. The lowest BCUT2D eigenvalue weighted by Gasteiger charge is -2.30. The van der Waals surface area contributed by atoms with E-state index in [-0.39, 0.29) is 24.1 Å². The van der Waals surface area contributed by atoms with Crippen molar-refractivity contribution in [1.82, 2.24) is 10.6 Å². The smallest absolute Gasteiger partial charge is 0.407 e. The predicted octanol–water partition coefficient (Wildman–Crippen LogP) is 1.99. The highest BCUT2D eigenvalue weighted by atomic mass is 16.6. The van der Waals surface area contributed by atoms with Gasteiger partial charge in [-0.25, -0.2) is 4.79 Å². The Bertz CT molecular complexity index is 387. The molecule has 2 amide bonds. The van der Waals surface area contributed by atoms with Crippen LogP contribution in [-0.2, 0) is 19.0 Å². The summed E-state index contributed by atoms with van der Waals surface area (Å²) in [6, 6.07) is 0.290. The van der Waals surface area contributed by atoms with Gasteiger partial charge in [0.1, 0.15) is 5.60 Å². The molecule has 1 fully saturated rings. The Morgan fingerprint density at radius 2 is 1.54 bits per heavy atom. The molecule has 24 heavy (non-hydrogen) atoms. The lowest BCUT2D eigenvalue weighted by Crippen LogP contribution is -2.45. The van der Waals surface area contributed by atoms with Crippen LogP contribution in [0.25, 0.3) is 0 Å². The molecule has 1 rings (SSSR count). The highest BCUT2D eigenvalue weighted by molar-refractivity contribution is 5.76. The van der Waals surface area contributed by atoms with Crippen LogP contribution in [0.5, 0.6) is 0 Å². The predicted molar refractivity (Wildman–Crippen MR) is 90.9 cm³/mol. The summed E-state index contributed by atoms with van der Waals surface area (Å²) >= 11 is 0. The quantitative estimate of drug-likeness (QED) is 0.658. The van der Waals surface area contributed by atoms with Gasteiger partial charge >= 0.3 is 6.09 Å². The van der Waals surface area contributed by atoms with E-state index < -0.39 is 5.60 Å². The summed E-state index contributed by atoms with van der Waals surface area (Å²) in [5.41, 5.74) is -0.486. The Hall–Kier alpha value is -1.34. The average Bonchev–Trinajstić information content (AvgIpc) is 2.47. The van der Waals surface area contributed by atoms with E-state index in [0.29, 0.717) is 26.2 Å². The first-order chi connectivity index (χ1) is 11.3. The second-order valence-corrected chi connectivity index (χ2v) is 7.12. The number of methoxy groups -OCH3 is 1. The van der Waals surface area contributed by atoms with E-state index in [2.05, 4.69) is 10.6 Å². The third kappa shape index (κ3) is 9.72. The van der Waals surface area contributed by atoms with E-state index in [4.69, 9.17) is 14.2 Å². The lowest BCUT2D eigenvalue weighted by atomic mass is 9.91. The van der Waals surface area contributed by atoms with Crippen molar-refractivity contribution in [3.63, 3.8) is 0 Å². The number of hydrogen-bond donors (Lipinski definition) is 2. The van der Waals surface area contributed by atoms with Gasteiger partial charge in [0, 0.05) is 25.6 Å². The third-order valence-electron chi connectivity index (χ3n) is 3.72. The molecule has 0 atom stereocenters. The van der Waals surface area contributed by atoms with Crippen LogP contribution < -0.4 is 10.6 Å². The van der Waals surface area contributed by atoms with Crippen LogP contribution in [0.3, 0.4) is 0 Å². The number of alkyl carbamates (subject to hydrolysis) is 1. The summed E-state index contributed by atoms with van der Waals surface area (Å²) in [7, 11) is 1.62. The largest absolute Gasteiger partial charge is 0.444 e. The molecule has 7 nitrogen and oxygen atoms in total. The molecule has 0 unspecified atom stereocenters. The van der Waals surface area contributed by atoms with Gasteiger partial charge in [0.05, 0.1) is 19.8 Å². The molecule has 0 heterocycles. The van der Waals surface area contributed by atoms with E-state index >= 15 is 0 Å². The van der Waals surface area contributed by atoms with Crippen molar-refractivity contribution in [3.05, 3.63) is 0 Å². The van der Waals surface area contributed by atoms with Gasteiger partial charge in [-0.1, -0.05) is 0 Å². The Labute approximate surface area is 144 Å². The molecule has 0 radical (unpaired) electrons. The van der Waals surface area contributed by atoms with E-state index in [1.807, 2.05) is 20.8 Å². The van der Waals surface area contributed by atoms with Crippen molar-refractivity contribution in [2.45, 2.75) is 70.6 Å². The molecular weight excluding hydrogens is 312 g/mol. The van der Waals surface area contributed by atoms with Crippen molar-refractivity contribution in [3.8, 4) is 0 Å². The van der Waals surface area contributed by atoms with E-state index in [9.17, 15) is 9.59 Å². The number of carbonyl (C=O) groups excluding carboxylic acids is 2. The average molecular weight is 344 g/mol. The van der Waals surface area contributed by atoms with Crippen LogP contribution in [-0.4, -0.2) is 56.6 Å². The minimum Gasteiger partial charge on any atom is -0.444 e. The fraction of sp³-hybridized carbons (Fsp3) is 0.882. The molecule has 1 aliphatic carbocycles. The summed E-state index contributed by atoms with van der Waals surface area (Å²) in [4.78, 5) is 23.6. The fourth-order valence-electron chi connectivity index (χ4n) is 2.57. The van der Waals surface area contributed by atoms with Crippen molar-refractivity contribution in [2.75, 3.05) is 26.9 Å². The van der Waals surface area contributed by atoms with Gasteiger partial charge in [-0.3, -0.25) is 4.79 Å². The highest BCUT2D eigenvalue weighted by Crippen LogP contribution is 2.19. The zero-order valence-corrected chi connectivity index (χ0v) is 15.4. The first-order valence-electron chi connectivity index (χ1n) is 8.65. The van der Waals surface area contributed by atoms with Gasteiger partial charge in [0.2, 0.25) is 5.91 Å². The second-order valence-electron chi connectivity index (χ2n) is 7.12. The second kappa shape index (κ2) is 10.5. The van der Waals surface area contributed by atoms with Gasteiger partial charge in [-0.2, -0.15) is 0 Å². The summed E-state index contributed by atoms with van der Waals surface area (Å²) in [5.74, 6) is 0.0102. The number of carbonyl (C=O) groups is 2. The van der Waals surface area contributed by atoms with Crippen LogP contribution in [0.2, 0.25) is 0 Å². The number of hydrogen-bond acceptors (Lipinski definition) is 5. The zero-order valence-electron chi connectivity index (χ0n) is 15.4. The minimum absolute atomic E-state index is 0.0102. The van der Waals surface area contributed by atoms with Gasteiger partial charge in [-0.15, -0.1) is 0 Å². The molecule has 0 aromatic rings. The van der Waals surface area contributed by atoms with E-state index in [1.165, 1.54) is 0 Å². The molecule has 0 spiro atoms. The van der Waals surface area contributed by atoms with Crippen LogP contribution >= 0.6 is 0 Å². The number of ether oxygens (including phenoxy) is 3. The van der Waals surface area contributed by atoms with Gasteiger partial charge in [0.15, 0.2) is 0 Å². The summed E-state index contributed by atoms with van der Waals surface area (Å²) in [6.07, 6.45) is 3.39. The third-order valence-corrected chi connectivity index (χ3v) is 3.72. The molecule has 2 N–H and O–H groups in total. The normalized spacial score (nSPS) is 21.2. The summed E-state index contributed by atoms with van der Waals surface area (Å²) < 4.78 is 15.4. The maximum absolute atomic E-state index is 11.8. The van der Waals surface area contributed by atoms with Crippen molar-refractivity contribution >= 4 is 12.0 Å². The standard InChI is InChI=1S/C17H32N2O5/c1-17(2,3)24-16(21)19-14-7-5-13(6-8-14)18-15(20)9-10-23-12-11-22-4/h13-14H,5-12H2,1-4H3,(H,18,20)(H,19,21). The Morgan fingerprint density at radius 1 is 0.958 bits per heavy atom. The van der Waals surface area contributed by atoms with Crippen LogP contribution in [0, 0.1) is 0 Å². The topological polar surface area (TPSA) is 85.9 Å². The molecule has 0 aromatic carbocycles. The summed E-state index contributed by atoms with van der Waals surface area (Å²) in [5, 5.41) is 5.93. The molecule has 0 saturated heterocycles. The lowest BCUT2D eigenvalue weighted by molar-refractivity contribution is -0.123. The van der Waals surface area contributed by atoms with Gasteiger partial charge in [-0.05, 0) is 46.5 Å². The maximum Gasteiger partial charge on any atom is 0.407 e. The highest BCUT2D eigenvalue weighted by Gasteiger charge is 2.25. The number of amides is 2. The molecular formula is C17H32N2O5. The monoisotopic (exact) mass is 344 g/mol. The van der Waals surface area contributed by atoms with Gasteiger partial charge in [0.25, 0.3) is 0 Å². The van der Waals surface area contributed by atoms with Crippen molar-refractivity contribution in [1.29, 1.82) is 0 Å². The number of nitrogens with one attached hydrogen (secondary N) is 2. The zero-order chi connectivity index (χ0) is 18.0. The minimum atomic E-state index is -0.486. The fourth-order valence-corrected chi connectivity index (χ4v) is 2.57. The van der Waals surface area contributed by atoms with Crippen LogP contribution in [0.1, 0.15) is 52.9 Å². The summed E-state index contributed by atoms with van der Waals surface area (Å²) in [6.45, 7) is 6.99. The Kier molecular flexibility index (Phi) is 9.07. The maximum atomic E-state index is 11.8. The van der Waals surface area contributed by atoms with Crippen LogP contribution in [0.15, 0.2) is 0 Å². The molecule has 1 saturated carbocycles. The van der Waals surface area contributed by atoms with E-state index in [0.717, 1.165) is 25.7 Å². The van der Waals surface area contributed by atoms with Crippen molar-refractivity contribution < 1.29 is 23.8 Å². The van der Waals surface area contributed by atoms with Crippen molar-refractivity contribution in [2.24, 2.45) is 0 Å². The first-order valence-corrected chi connectivity index (χ1v) is 8.65. The van der Waals surface area contributed by atoms with Crippen LogP contribution in [0.4, 0.5) is 4.79 Å². The van der Waals surface area contributed by atoms with E-state index in [1.54, 1.807) is 7.11 Å². The Balaban J connectivity index is 2.14. The molecule has 0 bridgehead atoms. The first kappa shape index (κ1) is 20.7. The Morgan fingerprint density at radius 3 is 2.08 bits per heavy atom. The SMILES string of the molecule is COCCOCCC(=O)NC1CCC(NC(=O)OC(C)(C)C)CC1. The van der Waals surface area contributed by atoms with Gasteiger partial charge < -0.3 is 24.8 Å². The molecule has 0 aromatic heterocycles.